The van der Waals surface area contributed by atoms with Gasteiger partial charge in [0.2, 0.25) is 0 Å². The van der Waals surface area contributed by atoms with Gasteiger partial charge in [0.15, 0.2) is 0 Å². The SMILES string of the molecule is C=C[C@@H](O)c1oc(C)cc1CO. The quantitative estimate of drug-likeness (QED) is 0.669. The number of aliphatic hydroxyl groups excluding tert-OH is 2. The summed E-state index contributed by atoms with van der Waals surface area (Å²) >= 11 is 0. The summed E-state index contributed by atoms with van der Waals surface area (Å²) in [5, 5.41) is 18.2. The second-order valence-corrected chi connectivity index (χ2v) is 2.59. The molecule has 0 amide bonds. The molecule has 2 N–H and O–H groups in total. The highest BCUT2D eigenvalue weighted by molar-refractivity contribution is 5.24. The predicted octanol–water partition coefficient (Wildman–Crippen LogP) is 1.30. The molecule has 0 aliphatic rings. The Morgan fingerprint density at radius 3 is 2.92 bits per heavy atom. The van der Waals surface area contributed by atoms with Gasteiger partial charge in [-0.25, -0.2) is 0 Å². The van der Waals surface area contributed by atoms with Crippen LogP contribution < -0.4 is 0 Å². The minimum Gasteiger partial charge on any atom is -0.463 e. The van der Waals surface area contributed by atoms with E-state index in [1.54, 1.807) is 13.0 Å². The lowest BCUT2D eigenvalue weighted by Gasteiger charge is -2.02. The Hall–Kier alpha value is -1.06. The highest BCUT2D eigenvalue weighted by atomic mass is 16.4. The van der Waals surface area contributed by atoms with E-state index >= 15 is 0 Å². The summed E-state index contributed by atoms with van der Waals surface area (Å²) in [6.45, 7) is 5.06. The van der Waals surface area contributed by atoms with Crippen molar-refractivity contribution in [2.45, 2.75) is 19.6 Å². The third kappa shape index (κ3) is 1.57. The summed E-state index contributed by atoms with van der Waals surface area (Å²) in [6, 6.07) is 1.70. The molecule has 0 aromatic carbocycles. The molecule has 1 atom stereocenters. The van der Waals surface area contributed by atoms with E-state index in [9.17, 15) is 5.11 Å². The number of rotatable bonds is 3. The fourth-order valence-corrected chi connectivity index (χ4v) is 1.07. The van der Waals surface area contributed by atoms with E-state index < -0.39 is 6.10 Å². The molecule has 1 aromatic rings. The number of aryl methyl sites for hydroxylation is 1. The molecule has 66 valence electrons. The molecular weight excluding hydrogens is 156 g/mol. The van der Waals surface area contributed by atoms with Crippen LogP contribution in [0, 0.1) is 6.92 Å². The molecule has 0 unspecified atom stereocenters. The summed E-state index contributed by atoms with van der Waals surface area (Å²) in [5.74, 6) is 1.06. The summed E-state index contributed by atoms with van der Waals surface area (Å²) in [5.41, 5.74) is 0.611. The zero-order chi connectivity index (χ0) is 9.14. The van der Waals surface area contributed by atoms with Crippen molar-refractivity contribution in [3.8, 4) is 0 Å². The van der Waals surface area contributed by atoms with Crippen molar-refractivity contribution in [3.05, 3.63) is 35.8 Å². The van der Waals surface area contributed by atoms with Gasteiger partial charge in [0.25, 0.3) is 0 Å². The molecule has 0 aliphatic heterocycles. The fraction of sp³-hybridized carbons (Fsp3) is 0.333. The maximum atomic E-state index is 9.33. The summed E-state index contributed by atoms with van der Waals surface area (Å²) in [4.78, 5) is 0. The number of hydrogen-bond donors (Lipinski definition) is 2. The second kappa shape index (κ2) is 3.56. The van der Waals surface area contributed by atoms with E-state index in [1.807, 2.05) is 0 Å². The Kier molecular flexibility index (Phi) is 2.68. The molecule has 3 heteroatoms. The first-order valence-electron chi connectivity index (χ1n) is 3.69. The molecule has 1 rings (SSSR count). The van der Waals surface area contributed by atoms with Crippen LogP contribution in [0.2, 0.25) is 0 Å². The number of aliphatic hydroxyl groups is 2. The highest BCUT2D eigenvalue weighted by Crippen LogP contribution is 2.22. The lowest BCUT2D eigenvalue weighted by atomic mass is 10.2. The van der Waals surface area contributed by atoms with Crippen molar-refractivity contribution in [2.24, 2.45) is 0 Å². The minimum atomic E-state index is -0.833. The highest BCUT2D eigenvalue weighted by Gasteiger charge is 2.13. The second-order valence-electron chi connectivity index (χ2n) is 2.59. The van der Waals surface area contributed by atoms with Gasteiger partial charge in [-0.2, -0.15) is 0 Å². The van der Waals surface area contributed by atoms with Crippen molar-refractivity contribution in [3.63, 3.8) is 0 Å². The Morgan fingerprint density at radius 1 is 1.75 bits per heavy atom. The van der Waals surface area contributed by atoms with Crippen LogP contribution in [0.5, 0.6) is 0 Å². The third-order valence-corrected chi connectivity index (χ3v) is 1.63. The van der Waals surface area contributed by atoms with Gasteiger partial charge >= 0.3 is 0 Å². The van der Waals surface area contributed by atoms with Crippen LogP contribution in [0.1, 0.15) is 23.2 Å². The van der Waals surface area contributed by atoms with Gasteiger partial charge in [0, 0.05) is 5.56 Å². The molecule has 0 saturated carbocycles. The largest absolute Gasteiger partial charge is 0.463 e. The number of furan rings is 1. The molecule has 1 aromatic heterocycles. The lowest BCUT2D eigenvalue weighted by molar-refractivity contribution is 0.188. The first-order valence-corrected chi connectivity index (χ1v) is 3.69. The van der Waals surface area contributed by atoms with E-state index in [4.69, 9.17) is 9.52 Å². The topological polar surface area (TPSA) is 53.6 Å². The van der Waals surface area contributed by atoms with Crippen molar-refractivity contribution >= 4 is 0 Å². The van der Waals surface area contributed by atoms with Gasteiger partial charge in [-0.3, -0.25) is 0 Å². The molecule has 0 fully saturated rings. The Balaban J connectivity index is 3.03. The van der Waals surface area contributed by atoms with Crippen molar-refractivity contribution in [1.82, 2.24) is 0 Å². The van der Waals surface area contributed by atoms with E-state index in [-0.39, 0.29) is 6.61 Å². The van der Waals surface area contributed by atoms with Crippen LogP contribution >= 0.6 is 0 Å². The van der Waals surface area contributed by atoms with Gasteiger partial charge in [0.05, 0.1) is 6.61 Å². The van der Waals surface area contributed by atoms with Crippen LogP contribution in [0.25, 0.3) is 0 Å². The first kappa shape index (κ1) is 9.03. The Bertz CT molecular complexity index is 275. The van der Waals surface area contributed by atoms with Crippen LogP contribution in [-0.2, 0) is 6.61 Å². The van der Waals surface area contributed by atoms with Gasteiger partial charge in [0.1, 0.15) is 17.6 Å². The molecule has 1 heterocycles. The Labute approximate surface area is 70.9 Å². The van der Waals surface area contributed by atoms with Gasteiger partial charge in [-0.05, 0) is 13.0 Å². The molecule has 0 radical (unpaired) electrons. The zero-order valence-corrected chi connectivity index (χ0v) is 6.95. The molecule has 0 saturated heterocycles. The first-order chi connectivity index (χ1) is 5.69. The van der Waals surface area contributed by atoms with Crippen LogP contribution in [0.15, 0.2) is 23.1 Å². The van der Waals surface area contributed by atoms with Crippen LogP contribution in [-0.4, -0.2) is 10.2 Å². The van der Waals surface area contributed by atoms with Gasteiger partial charge in [-0.1, -0.05) is 6.08 Å². The fourth-order valence-electron chi connectivity index (χ4n) is 1.07. The third-order valence-electron chi connectivity index (χ3n) is 1.63. The summed E-state index contributed by atoms with van der Waals surface area (Å²) < 4.78 is 5.18. The Morgan fingerprint density at radius 2 is 2.42 bits per heavy atom. The van der Waals surface area contributed by atoms with Gasteiger partial charge < -0.3 is 14.6 Å². The molecule has 0 spiro atoms. The van der Waals surface area contributed by atoms with E-state index in [0.29, 0.717) is 17.1 Å². The normalized spacial score (nSPS) is 12.9. The van der Waals surface area contributed by atoms with E-state index in [2.05, 4.69) is 6.58 Å². The van der Waals surface area contributed by atoms with Gasteiger partial charge in [-0.15, -0.1) is 6.58 Å². The molecule has 3 nitrogen and oxygen atoms in total. The monoisotopic (exact) mass is 168 g/mol. The maximum Gasteiger partial charge on any atom is 0.142 e. The van der Waals surface area contributed by atoms with E-state index in [1.165, 1.54) is 6.08 Å². The number of hydrogen-bond acceptors (Lipinski definition) is 3. The van der Waals surface area contributed by atoms with E-state index in [0.717, 1.165) is 0 Å². The molecular formula is C9H12O3. The summed E-state index contributed by atoms with van der Waals surface area (Å²) in [6.07, 6.45) is 0.526. The average Bonchev–Trinajstić information content (AvgIpc) is 2.45. The van der Waals surface area contributed by atoms with Crippen molar-refractivity contribution in [2.75, 3.05) is 0 Å². The molecule has 0 aliphatic carbocycles. The molecule has 12 heavy (non-hydrogen) atoms. The van der Waals surface area contributed by atoms with Crippen LogP contribution in [0.4, 0.5) is 0 Å². The zero-order valence-electron chi connectivity index (χ0n) is 6.95. The minimum absolute atomic E-state index is 0.127. The van der Waals surface area contributed by atoms with Crippen molar-refractivity contribution < 1.29 is 14.6 Å². The molecule has 0 bridgehead atoms. The smallest absolute Gasteiger partial charge is 0.142 e. The predicted molar refractivity (Wildman–Crippen MR) is 44.5 cm³/mol. The van der Waals surface area contributed by atoms with Crippen LogP contribution in [0.3, 0.4) is 0 Å². The maximum absolute atomic E-state index is 9.33. The summed E-state index contributed by atoms with van der Waals surface area (Å²) in [7, 11) is 0. The van der Waals surface area contributed by atoms with Crippen molar-refractivity contribution in [1.29, 1.82) is 0 Å². The average molecular weight is 168 g/mol. The lowest BCUT2D eigenvalue weighted by Crippen LogP contribution is -1.94. The standard InChI is InChI=1S/C9H12O3/c1-3-8(11)9-7(5-10)4-6(2)12-9/h3-4,8,10-11H,1,5H2,2H3/t8-/m1/s1.